The van der Waals surface area contributed by atoms with Gasteiger partial charge in [0.2, 0.25) is 5.95 Å². The fourth-order valence-corrected chi connectivity index (χ4v) is 5.07. The first kappa shape index (κ1) is 26.2. The lowest BCUT2D eigenvalue weighted by Crippen LogP contribution is -2.40. The molecule has 7 heteroatoms. The summed E-state index contributed by atoms with van der Waals surface area (Å²) in [6, 6.07) is 26.5. The molecule has 7 nitrogen and oxygen atoms in total. The van der Waals surface area contributed by atoms with Gasteiger partial charge in [0, 0.05) is 37.8 Å². The standard InChI is InChI=1S/C32H34N6O/c1-2-18-34-31(39)27-13-11-24(12-14-27)15-19-37-20-16-28(17-21-37)35-32-36-29-5-3-4-6-30(29)38(32)23-26-9-7-25(22-33)8-10-26/h2-14,28H,1,15-21,23H2,(H,34,39)(H,35,36). The van der Waals surface area contributed by atoms with Crippen molar-refractivity contribution >= 4 is 22.9 Å². The minimum atomic E-state index is -0.0681. The lowest BCUT2D eigenvalue weighted by Gasteiger charge is -2.32. The predicted molar refractivity (Wildman–Crippen MR) is 156 cm³/mol. The van der Waals surface area contributed by atoms with Gasteiger partial charge in [-0.15, -0.1) is 6.58 Å². The number of nitrogens with zero attached hydrogens (tertiary/aromatic N) is 4. The third kappa shape index (κ3) is 6.54. The minimum Gasteiger partial charge on any atom is -0.353 e. The van der Waals surface area contributed by atoms with Crippen molar-refractivity contribution in [1.82, 2.24) is 19.8 Å². The van der Waals surface area contributed by atoms with E-state index in [0.717, 1.165) is 61.4 Å². The van der Waals surface area contributed by atoms with Gasteiger partial charge in [0.05, 0.1) is 29.2 Å². The van der Waals surface area contributed by atoms with Crippen molar-refractivity contribution in [3.63, 3.8) is 0 Å². The Hall–Kier alpha value is -4.41. The molecule has 1 fully saturated rings. The fraction of sp³-hybridized carbons (Fsp3) is 0.281. The van der Waals surface area contributed by atoms with Crippen LogP contribution in [-0.4, -0.2) is 52.6 Å². The number of hydrogen-bond donors (Lipinski definition) is 2. The van der Waals surface area contributed by atoms with Gasteiger partial charge >= 0.3 is 0 Å². The van der Waals surface area contributed by atoms with Crippen LogP contribution in [0.4, 0.5) is 5.95 Å². The van der Waals surface area contributed by atoms with Crippen LogP contribution in [-0.2, 0) is 13.0 Å². The average Bonchev–Trinajstić information content (AvgIpc) is 3.32. The first-order valence-electron chi connectivity index (χ1n) is 13.5. The van der Waals surface area contributed by atoms with Crippen LogP contribution in [0.5, 0.6) is 0 Å². The fourth-order valence-electron chi connectivity index (χ4n) is 5.07. The lowest BCUT2D eigenvalue weighted by atomic mass is 10.0. The zero-order valence-corrected chi connectivity index (χ0v) is 22.1. The first-order chi connectivity index (χ1) is 19.1. The summed E-state index contributed by atoms with van der Waals surface area (Å²) in [6.07, 6.45) is 4.76. The Balaban J connectivity index is 1.16. The molecule has 2 N–H and O–H groups in total. The molecule has 198 valence electrons. The van der Waals surface area contributed by atoms with Crippen LogP contribution >= 0.6 is 0 Å². The number of likely N-dealkylation sites (tertiary alicyclic amines) is 1. The molecule has 1 aliphatic heterocycles. The number of hydrogen-bond acceptors (Lipinski definition) is 5. The van der Waals surface area contributed by atoms with Crippen molar-refractivity contribution in [1.29, 1.82) is 5.26 Å². The number of rotatable bonds is 10. The molecule has 1 aliphatic rings. The van der Waals surface area contributed by atoms with Crippen molar-refractivity contribution in [2.75, 3.05) is 31.5 Å². The second kappa shape index (κ2) is 12.4. The number of nitriles is 1. The van der Waals surface area contributed by atoms with Gasteiger partial charge in [0.15, 0.2) is 0 Å². The monoisotopic (exact) mass is 518 g/mol. The highest BCUT2D eigenvalue weighted by molar-refractivity contribution is 5.94. The maximum Gasteiger partial charge on any atom is 0.251 e. The molecule has 2 heterocycles. The van der Waals surface area contributed by atoms with E-state index < -0.39 is 0 Å². The number of anilines is 1. The van der Waals surface area contributed by atoms with E-state index in [1.165, 1.54) is 5.56 Å². The van der Waals surface area contributed by atoms with Crippen molar-refractivity contribution in [3.8, 4) is 6.07 Å². The zero-order valence-electron chi connectivity index (χ0n) is 22.1. The summed E-state index contributed by atoms with van der Waals surface area (Å²) in [7, 11) is 0. The molecular formula is C32H34N6O. The van der Waals surface area contributed by atoms with Gasteiger partial charge < -0.3 is 20.1 Å². The van der Waals surface area contributed by atoms with Crippen molar-refractivity contribution < 1.29 is 4.79 Å². The Labute approximate surface area is 229 Å². The van der Waals surface area contributed by atoms with Crippen LogP contribution in [0, 0.1) is 11.3 Å². The number of benzene rings is 3. The molecule has 4 aromatic rings. The number of para-hydroxylation sites is 2. The van der Waals surface area contributed by atoms with Crippen molar-refractivity contribution in [2.24, 2.45) is 0 Å². The maximum atomic E-state index is 12.1. The topological polar surface area (TPSA) is 86.0 Å². The van der Waals surface area contributed by atoms with Crippen LogP contribution in [0.3, 0.4) is 0 Å². The normalized spacial score (nSPS) is 14.1. The number of amides is 1. The summed E-state index contributed by atoms with van der Waals surface area (Å²) in [5.41, 5.74) is 5.81. The van der Waals surface area contributed by atoms with E-state index in [0.29, 0.717) is 30.3 Å². The third-order valence-corrected chi connectivity index (χ3v) is 7.34. The Bertz CT molecular complexity index is 1460. The number of nitrogens with one attached hydrogen (secondary N) is 2. The van der Waals surface area contributed by atoms with E-state index >= 15 is 0 Å². The molecule has 0 saturated carbocycles. The summed E-state index contributed by atoms with van der Waals surface area (Å²) in [5, 5.41) is 15.7. The number of imidazole rings is 1. The van der Waals surface area contributed by atoms with E-state index in [9.17, 15) is 4.79 Å². The largest absolute Gasteiger partial charge is 0.353 e. The molecule has 0 unspecified atom stereocenters. The molecule has 1 aromatic heterocycles. The third-order valence-electron chi connectivity index (χ3n) is 7.34. The smallest absolute Gasteiger partial charge is 0.251 e. The molecule has 0 spiro atoms. The molecule has 1 saturated heterocycles. The van der Waals surface area contributed by atoms with Crippen molar-refractivity contribution in [3.05, 3.63) is 108 Å². The van der Waals surface area contributed by atoms with Crippen LogP contribution < -0.4 is 10.6 Å². The zero-order chi connectivity index (χ0) is 27.0. The highest BCUT2D eigenvalue weighted by Crippen LogP contribution is 2.24. The van der Waals surface area contributed by atoms with Gasteiger partial charge in [-0.2, -0.15) is 5.26 Å². The highest BCUT2D eigenvalue weighted by Gasteiger charge is 2.21. The van der Waals surface area contributed by atoms with Gasteiger partial charge in [-0.25, -0.2) is 4.98 Å². The molecule has 0 atom stereocenters. The summed E-state index contributed by atoms with van der Waals surface area (Å²) >= 11 is 0. The van der Waals surface area contributed by atoms with Crippen LogP contribution in [0.2, 0.25) is 0 Å². The molecule has 3 aromatic carbocycles. The summed E-state index contributed by atoms with van der Waals surface area (Å²) in [6.45, 7) is 7.88. The highest BCUT2D eigenvalue weighted by atomic mass is 16.1. The SMILES string of the molecule is C=CCNC(=O)c1ccc(CCN2CCC(Nc3nc4ccccc4n3Cc3ccc(C#N)cc3)CC2)cc1. The van der Waals surface area contributed by atoms with Gasteiger partial charge in [0.25, 0.3) is 5.91 Å². The van der Waals surface area contributed by atoms with E-state index in [-0.39, 0.29) is 5.91 Å². The second-order valence-corrected chi connectivity index (χ2v) is 10.0. The number of aromatic nitrogens is 2. The van der Waals surface area contributed by atoms with Gasteiger partial charge in [-0.3, -0.25) is 4.79 Å². The lowest BCUT2D eigenvalue weighted by molar-refractivity contribution is 0.0958. The second-order valence-electron chi connectivity index (χ2n) is 10.0. The predicted octanol–water partition coefficient (Wildman–Crippen LogP) is 4.99. The first-order valence-corrected chi connectivity index (χ1v) is 13.5. The summed E-state index contributed by atoms with van der Waals surface area (Å²) < 4.78 is 2.24. The van der Waals surface area contributed by atoms with E-state index in [1.807, 2.05) is 48.5 Å². The minimum absolute atomic E-state index is 0.0681. The van der Waals surface area contributed by atoms with Crippen molar-refractivity contribution in [2.45, 2.75) is 31.8 Å². The molecule has 39 heavy (non-hydrogen) atoms. The average molecular weight is 519 g/mol. The van der Waals surface area contributed by atoms with E-state index in [2.05, 4.69) is 57.0 Å². The summed E-state index contributed by atoms with van der Waals surface area (Å²) in [5.74, 6) is 0.831. The van der Waals surface area contributed by atoms with Gasteiger partial charge in [-0.05, 0) is 66.8 Å². The molecule has 5 rings (SSSR count). The number of carbonyl (C=O) groups is 1. The molecular weight excluding hydrogens is 484 g/mol. The Morgan fingerprint density at radius 2 is 1.74 bits per heavy atom. The van der Waals surface area contributed by atoms with Crippen LogP contribution in [0.1, 0.15) is 39.9 Å². The van der Waals surface area contributed by atoms with Gasteiger partial charge in [0.1, 0.15) is 0 Å². The number of piperidine rings is 1. The molecule has 1 amide bonds. The number of carbonyl (C=O) groups excluding carboxylic acids is 1. The molecule has 0 bridgehead atoms. The Morgan fingerprint density at radius 3 is 2.46 bits per heavy atom. The maximum absolute atomic E-state index is 12.1. The van der Waals surface area contributed by atoms with E-state index in [1.54, 1.807) is 6.08 Å². The van der Waals surface area contributed by atoms with E-state index in [4.69, 9.17) is 10.2 Å². The van der Waals surface area contributed by atoms with Gasteiger partial charge in [-0.1, -0.05) is 42.5 Å². The van der Waals surface area contributed by atoms with Crippen LogP contribution in [0.25, 0.3) is 11.0 Å². The summed E-state index contributed by atoms with van der Waals surface area (Å²) in [4.78, 5) is 19.5. The number of fused-ring (bicyclic) bond motifs is 1. The quantitative estimate of drug-likeness (QED) is 0.289. The Kier molecular flexibility index (Phi) is 8.35. The van der Waals surface area contributed by atoms with Crippen LogP contribution in [0.15, 0.2) is 85.5 Å². The Morgan fingerprint density at radius 1 is 1.03 bits per heavy atom. The molecule has 0 radical (unpaired) electrons. The molecule has 0 aliphatic carbocycles.